The number of nitrogens with zero attached hydrogens (tertiary/aromatic N) is 3. The van der Waals surface area contributed by atoms with Crippen molar-refractivity contribution in [3.8, 4) is 0 Å². The average molecular weight is 349 g/mol. The molecule has 5 nitrogen and oxygen atoms in total. The molecule has 0 radical (unpaired) electrons. The van der Waals surface area contributed by atoms with Crippen LogP contribution in [0.15, 0.2) is 36.5 Å². The molecule has 1 aromatic carbocycles. The molecule has 2 N–H and O–H groups in total. The molecular weight excluding hydrogens is 322 g/mol. The zero-order valence-electron chi connectivity index (χ0n) is 15.5. The second kappa shape index (κ2) is 7.77. The Morgan fingerprint density at radius 3 is 2.73 bits per heavy atom. The van der Waals surface area contributed by atoms with E-state index in [1.807, 2.05) is 13.0 Å². The Balaban J connectivity index is 1.43. The number of rotatable bonds is 5. The van der Waals surface area contributed by atoms with Crippen molar-refractivity contribution in [3.05, 3.63) is 47.8 Å². The molecule has 3 aromatic rings. The van der Waals surface area contributed by atoms with Crippen molar-refractivity contribution in [1.29, 1.82) is 0 Å². The van der Waals surface area contributed by atoms with Crippen LogP contribution in [0.4, 0.5) is 11.8 Å². The van der Waals surface area contributed by atoms with Gasteiger partial charge in [0, 0.05) is 48.5 Å². The van der Waals surface area contributed by atoms with Crippen molar-refractivity contribution in [2.75, 3.05) is 29.9 Å². The molecule has 0 spiro atoms. The van der Waals surface area contributed by atoms with Crippen molar-refractivity contribution < 1.29 is 0 Å². The van der Waals surface area contributed by atoms with Gasteiger partial charge in [-0.2, -0.15) is 4.98 Å². The maximum absolute atomic E-state index is 4.78. The molecule has 0 saturated carbocycles. The molecule has 0 unspecified atom stereocenters. The Hall–Kier alpha value is -2.56. The van der Waals surface area contributed by atoms with Crippen LogP contribution in [0.3, 0.4) is 0 Å². The van der Waals surface area contributed by atoms with Crippen LogP contribution in [0.2, 0.25) is 0 Å². The van der Waals surface area contributed by atoms with Gasteiger partial charge in [-0.3, -0.25) is 0 Å². The number of aryl methyl sites for hydroxylation is 1. The van der Waals surface area contributed by atoms with Gasteiger partial charge in [-0.1, -0.05) is 31.0 Å². The Labute approximate surface area is 154 Å². The minimum atomic E-state index is 0.859. The van der Waals surface area contributed by atoms with Gasteiger partial charge >= 0.3 is 0 Å². The third-order valence-corrected chi connectivity index (χ3v) is 5.11. The highest BCUT2D eigenvalue weighted by Gasteiger charge is 2.13. The highest BCUT2D eigenvalue weighted by molar-refractivity contribution is 5.83. The van der Waals surface area contributed by atoms with Crippen LogP contribution in [0, 0.1) is 6.92 Å². The summed E-state index contributed by atoms with van der Waals surface area (Å²) in [4.78, 5) is 15.1. The Bertz CT molecular complexity index is 862. The van der Waals surface area contributed by atoms with E-state index in [4.69, 9.17) is 4.98 Å². The fourth-order valence-electron chi connectivity index (χ4n) is 3.72. The fraction of sp³-hybridized carbons (Fsp3) is 0.429. The molecule has 3 heterocycles. The summed E-state index contributed by atoms with van der Waals surface area (Å²) in [7, 11) is 0. The maximum atomic E-state index is 4.78. The number of benzene rings is 1. The van der Waals surface area contributed by atoms with Crippen LogP contribution >= 0.6 is 0 Å². The first-order chi connectivity index (χ1) is 12.8. The van der Waals surface area contributed by atoms with Gasteiger partial charge in [0.2, 0.25) is 5.95 Å². The van der Waals surface area contributed by atoms with E-state index in [1.165, 1.54) is 42.1 Å². The van der Waals surface area contributed by atoms with E-state index >= 15 is 0 Å². The quantitative estimate of drug-likeness (QED) is 0.721. The van der Waals surface area contributed by atoms with E-state index in [1.54, 1.807) is 0 Å². The number of anilines is 2. The minimum absolute atomic E-state index is 0.859. The van der Waals surface area contributed by atoms with Crippen LogP contribution in [0.25, 0.3) is 10.9 Å². The number of aromatic amines is 1. The predicted molar refractivity (Wildman–Crippen MR) is 108 cm³/mol. The van der Waals surface area contributed by atoms with Gasteiger partial charge in [0.15, 0.2) is 0 Å². The highest BCUT2D eigenvalue weighted by atomic mass is 15.3. The molecule has 1 fully saturated rings. The Morgan fingerprint density at radius 2 is 1.88 bits per heavy atom. The van der Waals surface area contributed by atoms with Gasteiger partial charge in [-0.05, 0) is 37.8 Å². The first-order valence-corrected chi connectivity index (χ1v) is 9.69. The summed E-state index contributed by atoms with van der Waals surface area (Å²) < 4.78 is 0. The molecule has 4 rings (SSSR count). The van der Waals surface area contributed by atoms with E-state index in [0.717, 1.165) is 43.5 Å². The third kappa shape index (κ3) is 3.82. The molecule has 0 aliphatic carbocycles. The third-order valence-electron chi connectivity index (χ3n) is 5.11. The predicted octanol–water partition coefficient (Wildman–Crippen LogP) is 4.30. The summed E-state index contributed by atoms with van der Waals surface area (Å²) in [5, 5.41) is 4.80. The molecule has 0 amide bonds. The van der Waals surface area contributed by atoms with Crippen molar-refractivity contribution >= 4 is 22.7 Å². The van der Waals surface area contributed by atoms with Gasteiger partial charge in [0.25, 0.3) is 0 Å². The molecule has 5 heteroatoms. The lowest BCUT2D eigenvalue weighted by Crippen LogP contribution is -2.26. The second-order valence-corrected chi connectivity index (χ2v) is 7.13. The summed E-state index contributed by atoms with van der Waals surface area (Å²) in [6, 6.07) is 10.5. The molecular formula is C21H27N5. The SMILES string of the molecule is Cc1cc(NCCc2c[nH]c3ccccc23)nc(N2CCCCCC2)n1. The van der Waals surface area contributed by atoms with E-state index < -0.39 is 0 Å². The van der Waals surface area contributed by atoms with Crippen LogP contribution in [0.5, 0.6) is 0 Å². The number of nitrogens with one attached hydrogen (secondary N) is 2. The summed E-state index contributed by atoms with van der Waals surface area (Å²) in [5.41, 5.74) is 3.56. The smallest absolute Gasteiger partial charge is 0.227 e. The first-order valence-electron chi connectivity index (χ1n) is 9.69. The molecule has 2 aromatic heterocycles. The second-order valence-electron chi connectivity index (χ2n) is 7.13. The number of para-hydroxylation sites is 1. The largest absolute Gasteiger partial charge is 0.370 e. The number of hydrogen-bond acceptors (Lipinski definition) is 4. The monoisotopic (exact) mass is 349 g/mol. The average Bonchev–Trinajstić information content (AvgIpc) is 2.87. The zero-order valence-corrected chi connectivity index (χ0v) is 15.5. The van der Waals surface area contributed by atoms with Gasteiger partial charge in [-0.25, -0.2) is 4.98 Å². The van der Waals surface area contributed by atoms with Crippen LogP contribution < -0.4 is 10.2 Å². The number of H-pyrrole nitrogens is 1. The van der Waals surface area contributed by atoms with E-state index in [0.29, 0.717) is 0 Å². The van der Waals surface area contributed by atoms with Crippen molar-refractivity contribution in [1.82, 2.24) is 15.0 Å². The van der Waals surface area contributed by atoms with Gasteiger partial charge in [0.1, 0.15) is 5.82 Å². The standard InChI is InChI=1S/C21H27N5/c1-16-14-20(25-21(24-16)26-12-6-2-3-7-13-26)22-11-10-17-15-23-19-9-5-4-8-18(17)19/h4-5,8-9,14-15,23H,2-3,6-7,10-13H2,1H3,(H,22,24,25). The summed E-state index contributed by atoms with van der Waals surface area (Å²) in [6.07, 6.45) is 8.18. The normalized spacial score (nSPS) is 15.2. The molecule has 1 aliphatic rings. The highest BCUT2D eigenvalue weighted by Crippen LogP contribution is 2.20. The molecule has 1 saturated heterocycles. The van der Waals surface area contributed by atoms with Crippen LogP contribution in [0.1, 0.15) is 36.9 Å². The first kappa shape index (κ1) is 16.9. The van der Waals surface area contributed by atoms with Gasteiger partial charge in [0.05, 0.1) is 0 Å². The lowest BCUT2D eigenvalue weighted by molar-refractivity contribution is 0.726. The zero-order chi connectivity index (χ0) is 17.8. The maximum Gasteiger partial charge on any atom is 0.227 e. The van der Waals surface area contributed by atoms with Gasteiger partial charge in [-0.15, -0.1) is 0 Å². The topological polar surface area (TPSA) is 56.8 Å². The van der Waals surface area contributed by atoms with Crippen LogP contribution in [-0.2, 0) is 6.42 Å². The van der Waals surface area contributed by atoms with E-state index in [9.17, 15) is 0 Å². The number of fused-ring (bicyclic) bond motifs is 1. The molecule has 0 atom stereocenters. The van der Waals surface area contributed by atoms with Crippen molar-refractivity contribution in [3.63, 3.8) is 0 Å². The van der Waals surface area contributed by atoms with E-state index in [-0.39, 0.29) is 0 Å². The van der Waals surface area contributed by atoms with Crippen molar-refractivity contribution in [2.45, 2.75) is 39.0 Å². The summed E-state index contributed by atoms with van der Waals surface area (Å²) in [5.74, 6) is 1.80. The lowest BCUT2D eigenvalue weighted by atomic mass is 10.1. The van der Waals surface area contributed by atoms with Crippen molar-refractivity contribution in [2.24, 2.45) is 0 Å². The number of aromatic nitrogens is 3. The molecule has 0 bridgehead atoms. The molecule has 136 valence electrons. The minimum Gasteiger partial charge on any atom is -0.370 e. The Morgan fingerprint density at radius 1 is 1.08 bits per heavy atom. The fourth-order valence-corrected chi connectivity index (χ4v) is 3.72. The lowest BCUT2D eigenvalue weighted by Gasteiger charge is -2.21. The number of hydrogen-bond donors (Lipinski definition) is 2. The summed E-state index contributed by atoms with van der Waals surface area (Å²) in [6.45, 7) is 5.04. The Kier molecular flexibility index (Phi) is 5.04. The van der Waals surface area contributed by atoms with E-state index in [2.05, 4.69) is 50.6 Å². The molecule has 1 aliphatic heterocycles. The molecule has 26 heavy (non-hydrogen) atoms. The summed E-state index contributed by atoms with van der Waals surface area (Å²) >= 11 is 0. The van der Waals surface area contributed by atoms with Gasteiger partial charge < -0.3 is 15.2 Å². The van der Waals surface area contributed by atoms with Crippen LogP contribution in [-0.4, -0.2) is 34.6 Å².